The molecule has 0 aliphatic rings. The number of esters is 2. The third kappa shape index (κ3) is 40.6. The fourth-order valence-electron chi connectivity index (χ4n) is 6.28. The Kier molecular flexibility index (Phi) is 40.5. The van der Waals surface area contributed by atoms with Crippen LogP contribution in [0.1, 0.15) is 213 Å². The molecule has 0 aromatic heterocycles. The first-order chi connectivity index (χ1) is 27.2. The Balaban J connectivity index is 4.25. The molecule has 3 N–H and O–H groups in total. The fraction of sp³-hybridized carbons (Fsp3) is 0.867. The summed E-state index contributed by atoms with van der Waals surface area (Å²) < 4.78 is 32.7. The van der Waals surface area contributed by atoms with Crippen LogP contribution >= 0.6 is 7.82 Å². The highest BCUT2D eigenvalue weighted by Gasteiger charge is 2.27. The van der Waals surface area contributed by atoms with Crippen LogP contribution in [0.25, 0.3) is 0 Å². The number of carbonyl (C=O) groups excluding carboxylic acids is 2. The molecule has 3 unspecified atom stereocenters. The summed E-state index contributed by atoms with van der Waals surface area (Å²) in [7, 11) is -4.62. The van der Waals surface area contributed by atoms with Gasteiger partial charge in [-0.3, -0.25) is 18.6 Å². The molecule has 0 aliphatic carbocycles. The molecule has 330 valence electrons. The number of aliphatic hydroxyl groups excluding tert-OH is 2. The van der Waals surface area contributed by atoms with E-state index in [1.54, 1.807) is 0 Å². The molecule has 0 heterocycles. The number of unbranched alkanes of at least 4 members (excludes halogenated alkanes) is 25. The second-order valence-corrected chi connectivity index (χ2v) is 16.9. The van der Waals surface area contributed by atoms with Crippen LogP contribution in [0.3, 0.4) is 0 Å². The van der Waals surface area contributed by atoms with Gasteiger partial charge in [0, 0.05) is 12.8 Å². The maximum absolute atomic E-state index is 12.6. The third-order valence-corrected chi connectivity index (χ3v) is 10.8. The van der Waals surface area contributed by atoms with E-state index in [2.05, 4.69) is 38.2 Å². The van der Waals surface area contributed by atoms with Gasteiger partial charge < -0.3 is 24.6 Å². The van der Waals surface area contributed by atoms with Gasteiger partial charge in [-0.1, -0.05) is 160 Å². The van der Waals surface area contributed by atoms with Crippen LogP contribution in [0, 0.1) is 0 Å². The molecule has 0 aromatic rings. The highest BCUT2D eigenvalue weighted by atomic mass is 31.2. The first-order valence-corrected chi connectivity index (χ1v) is 24.3. The van der Waals surface area contributed by atoms with Gasteiger partial charge in [0.25, 0.3) is 0 Å². The second-order valence-electron chi connectivity index (χ2n) is 15.4. The van der Waals surface area contributed by atoms with Gasteiger partial charge >= 0.3 is 19.8 Å². The van der Waals surface area contributed by atoms with E-state index in [0.717, 1.165) is 57.8 Å². The standard InChI is InChI=1S/C45H85O10P/c1-3-5-7-9-11-13-15-17-19-20-21-22-23-25-27-29-31-33-35-37-45(49)55-43(41-54-56(50,51)53-39-42(47)38-46)40-52-44(48)36-34-32-30-28-26-24-18-16-14-12-10-8-6-4-2/h16-19,42-43,46-47H,3-15,20-41H2,1-2H3,(H,50,51)/b18-16-,19-17-. The lowest BCUT2D eigenvalue weighted by Crippen LogP contribution is -2.29. The summed E-state index contributed by atoms with van der Waals surface area (Å²) in [5, 5.41) is 18.3. The average Bonchev–Trinajstić information content (AvgIpc) is 3.19. The number of hydrogen-bond acceptors (Lipinski definition) is 9. The van der Waals surface area contributed by atoms with Gasteiger partial charge in [0.15, 0.2) is 6.10 Å². The molecule has 0 aromatic carbocycles. The Morgan fingerprint density at radius 2 is 0.875 bits per heavy atom. The molecule has 0 amide bonds. The molecular weight excluding hydrogens is 731 g/mol. The zero-order valence-electron chi connectivity index (χ0n) is 35.9. The minimum Gasteiger partial charge on any atom is -0.462 e. The number of phosphoric ester groups is 1. The monoisotopic (exact) mass is 817 g/mol. The Morgan fingerprint density at radius 1 is 0.518 bits per heavy atom. The summed E-state index contributed by atoms with van der Waals surface area (Å²) in [5.41, 5.74) is 0. The minimum absolute atomic E-state index is 0.182. The summed E-state index contributed by atoms with van der Waals surface area (Å²) in [6.07, 6.45) is 41.4. The maximum Gasteiger partial charge on any atom is 0.472 e. The van der Waals surface area contributed by atoms with Crippen LogP contribution in [0.15, 0.2) is 24.3 Å². The van der Waals surface area contributed by atoms with Gasteiger partial charge in [0.2, 0.25) is 0 Å². The Hall–Kier alpha value is -1.55. The van der Waals surface area contributed by atoms with E-state index in [0.29, 0.717) is 12.8 Å². The molecule has 3 atom stereocenters. The van der Waals surface area contributed by atoms with Crippen LogP contribution in [0.2, 0.25) is 0 Å². The molecule has 0 fully saturated rings. The van der Waals surface area contributed by atoms with Crippen molar-refractivity contribution >= 4 is 19.8 Å². The first-order valence-electron chi connectivity index (χ1n) is 22.8. The summed E-state index contributed by atoms with van der Waals surface area (Å²) >= 11 is 0. The second kappa shape index (κ2) is 41.6. The normalized spacial score (nSPS) is 14.0. The van der Waals surface area contributed by atoms with Crippen LogP contribution in [0.5, 0.6) is 0 Å². The van der Waals surface area contributed by atoms with Gasteiger partial charge in [0.1, 0.15) is 12.7 Å². The molecule has 0 saturated heterocycles. The van der Waals surface area contributed by atoms with Gasteiger partial charge in [-0.05, 0) is 64.2 Å². The van der Waals surface area contributed by atoms with Crippen molar-refractivity contribution in [2.75, 3.05) is 26.4 Å². The lowest BCUT2D eigenvalue weighted by Gasteiger charge is -2.20. The first kappa shape index (κ1) is 54.5. The lowest BCUT2D eigenvalue weighted by molar-refractivity contribution is -0.161. The number of phosphoric acid groups is 1. The summed E-state index contributed by atoms with van der Waals surface area (Å²) in [4.78, 5) is 35.0. The Morgan fingerprint density at radius 3 is 1.29 bits per heavy atom. The molecule has 0 bridgehead atoms. The summed E-state index contributed by atoms with van der Waals surface area (Å²) in [5.74, 6) is -0.931. The van der Waals surface area contributed by atoms with Crippen molar-refractivity contribution in [1.29, 1.82) is 0 Å². The number of carbonyl (C=O) groups is 2. The van der Waals surface area contributed by atoms with E-state index in [-0.39, 0.29) is 19.4 Å². The molecule has 0 rings (SSSR count). The smallest absolute Gasteiger partial charge is 0.462 e. The van der Waals surface area contributed by atoms with Crippen molar-refractivity contribution in [2.24, 2.45) is 0 Å². The van der Waals surface area contributed by atoms with E-state index in [1.807, 2.05) is 0 Å². The third-order valence-electron chi connectivity index (χ3n) is 9.83. The highest BCUT2D eigenvalue weighted by Crippen LogP contribution is 2.43. The van der Waals surface area contributed by atoms with Crippen LogP contribution in [-0.4, -0.2) is 65.7 Å². The van der Waals surface area contributed by atoms with Gasteiger partial charge in [0.05, 0.1) is 19.8 Å². The average molecular weight is 817 g/mol. The highest BCUT2D eigenvalue weighted by molar-refractivity contribution is 7.47. The van der Waals surface area contributed by atoms with Crippen molar-refractivity contribution in [3.05, 3.63) is 24.3 Å². The molecule has 0 saturated carbocycles. The van der Waals surface area contributed by atoms with Crippen molar-refractivity contribution in [2.45, 2.75) is 225 Å². The number of rotatable bonds is 43. The zero-order valence-corrected chi connectivity index (χ0v) is 36.8. The van der Waals surface area contributed by atoms with Crippen molar-refractivity contribution in [1.82, 2.24) is 0 Å². The lowest BCUT2D eigenvalue weighted by atomic mass is 10.1. The molecular formula is C45H85O10P. The molecule has 56 heavy (non-hydrogen) atoms. The number of hydrogen-bond donors (Lipinski definition) is 3. The Labute approximate surface area is 342 Å². The van der Waals surface area contributed by atoms with Crippen LogP contribution in [0.4, 0.5) is 0 Å². The topological polar surface area (TPSA) is 149 Å². The number of allylic oxidation sites excluding steroid dienone is 4. The molecule has 0 spiro atoms. The Bertz CT molecular complexity index is 988. The quantitative estimate of drug-likeness (QED) is 0.0235. The predicted molar refractivity (Wildman–Crippen MR) is 228 cm³/mol. The largest absolute Gasteiger partial charge is 0.472 e. The van der Waals surface area contributed by atoms with Gasteiger partial charge in [-0.15, -0.1) is 0 Å². The van der Waals surface area contributed by atoms with E-state index in [9.17, 15) is 24.2 Å². The summed E-state index contributed by atoms with van der Waals surface area (Å²) in [6, 6.07) is 0. The van der Waals surface area contributed by atoms with E-state index in [1.165, 1.54) is 116 Å². The number of ether oxygens (including phenoxy) is 2. The minimum atomic E-state index is -4.62. The van der Waals surface area contributed by atoms with E-state index in [4.69, 9.17) is 23.6 Å². The predicted octanol–water partition coefficient (Wildman–Crippen LogP) is 12.2. The number of aliphatic hydroxyl groups is 2. The van der Waals surface area contributed by atoms with Gasteiger partial charge in [-0.25, -0.2) is 4.57 Å². The van der Waals surface area contributed by atoms with Crippen LogP contribution in [-0.2, 0) is 32.7 Å². The summed E-state index contributed by atoms with van der Waals surface area (Å²) in [6.45, 7) is 2.38. The maximum atomic E-state index is 12.6. The SMILES string of the molecule is CCCCCCC/C=C\CCCCCCCC(=O)OCC(COP(=O)(O)OCC(O)CO)OC(=O)CCCCCCCCCCC/C=C\CCCCCCCC. The zero-order chi connectivity index (χ0) is 41.2. The van der Waals surface area contributed by atoms with Crippen molar-refractivity contribution < 1.29 is 47.8 Å². The molecule has 0 radical (unpaired) electrons. The van der Waals surface area contributed by atoms with E-state index >= 15 is 0 Å². The van der Waals surface area contributed by atoms with Crippen molar-refractivity contribution in [3.8, 4) is 0 Å². The van der Waals surface area contributed by atoms with Gasteiger partial charge in [-0.2, -0.15) is 0 Å². The molecule has 10 nitrogen and oxygen atoms in total. The molecule has 0 aliphatic heterocycles. The fourth-order valence-corrected chi connectivity index (χ4v) is 7.07. The molecule has 11 heteroatoms. The van der Waals surface area contributed by atoms with E-state index < -0.39 is 51.8 Å². The van der Waals surface area contributed by atoms with Crippen LogP contribution < -0.4 is 0 Å². The van der Waals surface area contributed by atoms with Crippen molar-refractivity contribution in [3.63, 3.8) is 0 Å².